The van der Waals surface area contributed by atoms with E-state index in [9.17, 15) is 14.7 Å². The van der Waals surface area contributed by atoms with Gasteiger partial charge in [0.25, 0.3) is 0 Å². The molecule has 0 saturated carbocycles. The molecule has 0 aliphatic carbocycles. The number of carbonyl (C=O) groups excluding carboxylic acids is 1. The number of alkyl halides is 1. The highest BCUT2D eigenvalue weighted by Gasteiger charge is 2.28. The molecule has 0 spiro atoms. The molecule has 2 N–H and O–H groups in total. The fourth-order valence-corrected chi connectivity index (χ4v) is 4.67. The molecule has 2 unspecified atom stereocenters. The van der Waals surface area contributed by atoms with Crippen LogP contribution in [0.4, 0.5) is 5.69 Å². The number of aryl methyl sites for hydroxylation is 1. The molecule has 2 aromatic carbocycles. The molecule has 1 heterocycles. The molecule has 3 rings (SSSR count). The Labute approximate surface area is 193 Å². The Morgan fingerprint density at radius 3 is 2.30 bits per heavy atom. The van der Waals surface area contributed by atoms with E-state index in [1.54, 1.807) is 30.5 Å². The van der Waals surface area contributed by atoms with E-state index in [0.29, 0.717) is 20.5 Å². The lowest BCUT2D eigenvalue weighted by atomic mass is 9.94. The third kappa shape index (κ3) is 4.81. The second kappa shape index (κ2) is 9.40. The monoisotopic (exact) mass is 481 g/mol. The second-order valence-electron chi connectivity index (χ2n) is 6.84. The average Bonchev–Trinajstić information content (AvgIpc) is 3.09. The molecule has 1 amide bonds. The summed E-state index contributed by atoms with van der Waals surface area (Å²) < 4.78 is 0. The fraction of sp³-hybridized carbons (Fsp3) is 0.182. The second-order valence-corrected chi connectivity index (χ2v) is 9.23. The molecule has 3 aromatic rings. The Balaban J connectivity index is 1.96. The highest BCUT2D eigenvalue weighted by atomic mass is 35.5. The summed E-state index contributed by atoms with van der Waals surface area (Å²) in [5.41, 5.74) is 2.65. The van der Waals surface area contributed by atoms with Crippen LogP contribution in [0.1, 0.15) is 34.3 Å². The van der Waals surface area contributed by atoms with Crippen molar-refractivity contribution in [1.29, 1.82) is 0 Å². The first-order chi connectivity index (χ1) is 14.2. The summed E-state index contributed by atoms with van der Waals surface area (Å²) in [6, 6.07) is 12.4. The van der Waals surface area contributed by atoms with Gasteiger partial charge in [-0.15, -0.1) is 22.9 Å². The van der Waals surface area contributed by atoms with Crippen molar-refractivity contribution in [3.8, 4) is 10.4 Å². The van der Waals surface area contributed by atoms with Crippen LogP contribution in [0.3, 0.4) is 0 Å². The maximum atomic E-state index is 13.0. The summed E-state index contributed by atoms with van der Waals surface area (Å²) in [6.45, 7) is 3.69. The topological polar surface area (TPSA) is 66.4 Å². The third-order valence-corrected chi connectivity index (χ3v) is 6.64. The van der Waals surface area contributed by atoms with Crippen LogP contribution in [-0.4, -0.2) is 22.4 Å². The quantitative estimate of drug-likeness (QED) is 0.369. The lowest BCUT2D eigenvalue weighted by Gasteiger charge is -2.19. The van der Waals surface area contributed by atoms with Crippen LogP contribution in [0.5, 0.6) is 0 Å². The number of hydrogen-bond donors (Lipinski definition) is 2. The number of halogens is 3. The number of amides is 1. The Morgan fingerprint density at radius 2 is 1.73 bits per heavy atom. The maximum Gasteiger partial charge on any atom is 0.339 e. The van der Waals surface area contributed by atoms with E-state index < -0.39 is 17.3 Å². The van der Waals surface area contributed by atoms with E-state index >= 15 is 0 Å². The molecule has 0 fully saturated rings. The van der Waals surface area contributed by atoms with Crippen molar-refractivity contribution < 1.29 is 14.7 Å². The highest BCUT2D eigenvalue weighted by Crippen LogP contribution is 2.39. The van der Waals surface area contributed by atoms with E-state index in [-0.39, 0.29) is 17.2 Å². The molecular weight excluding hydrogens is 465 g/mol. The van der Waals surface area contributed by atoms with Crippen molar-refractivity contribution in [2.75, 3.05) is 5.32 Å². The van der Waals surface area contributed by atoms with E-state index in [4.69, 9.17) is 34.8 Å². The molecule has 0 saturated heterocycles. The van der Waals surface area contributed by atoms with Crippen LogP contribution in [-0.2, 0) is 4.79 Å². The van der Waals surface area contributed by atoms with Crippen LogP contribution >= 0.6 is 46.1 Å². The van der Waals surface area contributed by atoms with Crippen molar-refractivity contribution >= 4 is 63.7 Å². The van der Waals surface area contributed by atoms with Crippen LogP contribution in [0.15, 0.2) is 47.8 Å². The van der Waals surface area contributed by atoms with Crippen LogP contribution in [0.2, 0.25) is 10.0 Å². The summed E-state index contributed by atoms with van der Waals surface area (Å²) in [7, 11) is 0. The molecular formula is C22H18Cl3NO3S. The number of carbonyl (C=O) groups is 2. The molecule has 0 radical (unpaired) electrons. The van der Waals surface area contributed by atoms with Crippen molar-refractivity contribution in [2.45, 2.75) is 25.1 Å². The van der Waals surface area contributed by atoms with Crippen molar-refractivity contribution in [3.63, 3.8) is 0 Å². The van der Waals surface area contributed by atoms with Gasteiger partial charge in [-0.2, -0.15) is 0 Å². The zero-order chi connectivity index (χ0) is 22.0. The first kappa shape index (κ1) is 22.6. The number of hydrogen-bond acceptors (Lipinski definition) is 3. The lowest BCUT2D eigenvalue weighted by Crippen LogP contribution is -2.27. The number of rotatable bonds is 6. The third-order valence-electron chi connectivity index (χ3n) is 4.62. The lowest BCUT2D eigenvalue weighted by molar-refractivity contribution is -0.117. The number of benzene rings is 2. The van der Waals surface area contributed by atoms with Crippen LogP contribution in [0, 0.1) is 6.92 Å². The van der Waals surface area contributed by atoms with Gasteiger partial charge in [0.2, 0.25) is 5.91 Å². The van der Waals surface area contributed by atoms with E-state index in [1.165, 1.54) is 11.3 Å². The Hall–Kier alpha value is -2.05. The molecule has 2 atom stereocenters. The Kier molecular flexibility index (Phi) is 7.09. The van der Waals surface area contributed by atoms with Crippen LogP contribution in [0.25, 0.3) is 10.4 Å². The number of nitrogens with one attached hydrogen (secondary N) is 1. The zero-order valence-corrected chi connectivity index (χ0v) is 19.2. The van der Waals surface area contributed by atoms with E-state index in [0.717, 1.165) is 11.1 Å². The zero-order valence-electron chi connectivity index (χ0n) is 16.1. The number of thiophene rings is 1. The van der Waals surface area contributed by atoms with Crippen molar-refractivity contribution in [3.05, 3.63) is 74.6 Å². The van der Waals surface area contributed by atoms with Gasteiger partial charge in [-0.1, -0.05) is 59.1 Å². The van der Waals surface area contributed by atoms with Crippen LogP contribution < -0.4 is 5.32 Å². The number of anilines is 1. The first-order valence-electron chi connectivity index (χ1n) is 9.00. The Bertz CT molecular complexity index is 1090. The molecule has 30 heavy (non-hydrogen) atoms. The number of carboxylic acid groups (broad SMARTS) is 1. The van der Waals surface area contributed by atoms with Crippen molar-refractivity contribution in [2.24, 2.45) is 0 Å². The van der Waals surface area contributed by atoms with Gasteiger partial charge in [0, 0.05) is 10.8 Å². The average molecular weight is 483 g/mol. The molecule has 1 aromatic heterocycles. The van der Waals surface area contributed by atoms with E-state index in [2.05, 4.69) is 5.32 Å². The minimum Gasteiger partial charge on any atom is -0.478 e. The van der Waals surface area contributed by atoms with Gasteiger partial charge in [0.05, 0.1) is 26.5 Å². The maximum absolute atomic E-state index is 13.0. The molecule has 4 nitrogen and oxygen atoms in total. The van der Waals surface area contributed by atoms with Gasteiger partial charge in [-0.3, -0.25) is 4.79 Å². The molecule has 0 aliphatic heterocycles. The van der Waals surface area contributed by atoms with Gasteiger partial charge in [0.1, 0.15) is 5.56 Å². The largest absolute Gasteiger partial charge is 0.478 e. The van der Waals surface area contributed by atoms with Gasteiger partial charge in [-0.05, 0) is 37.1 Å². The molecule has 8 heteroatoms. The summed E-state index contributed by atoms with van der Waals surface area (Å²) in [5, 5.41) is 14.4. The van der Waals surface area contributed by atoms with Gasteiger partial charge in [-0.25, -0.2) is 4.79 Å². The summed E-state index contributed by atoms with van der Waals surface area (Å²) in [4.78, 5) is 25.5. The molecule has 0 bridgehead atoms. The van der Waals surface area contributed by atoms with Gasteiger partial charge in [0.15, 0.2) is 0 Å². The highest BCUT2D eigenvalue weighted by molar-refractivity contribution is 7.14. The Morgan fingerprint density at radius 1 is 1.07 bits per heavy atom. The minimum atomic E-state index is -1.15. The van der Waals surface area contributed by atoms with E-state index in [1.807, 2.05) is 31.2 Å². The van der Waals surface area contributed by atoms with Crippen molar-refractivity contribution in [1.82, 2.24) is 0 Å². The normalized spacial score (nSPS) is 13.0. The fourth-order valence-electron chi connectivity index (χ4n) is 3.12. The minimum absolute atomic E-state index is 0.00313. The predicted octanol–water partition coefficient (Wildman–Crippen LogP) is 7.08. The van der Waals surface area contributed by atoms with Gasteiger partial charge < -0.3 is 10.4 Å². The first-order valence-corrected chi connectivity index (χ1v) is 11.1. The summed E-state index contributed by atoms with van der Waals surface area (Å²) in [5.74, 6) is -2.16. The SMILES string of the molecule is Cc1ccc(C(C(=O)Nc2csc(-c3ccc(Cl)c(Cl)c3)c2C(=O)O)C(C)Cl)cc1. The van der Waals surface area contributed by atoms with Gasteiger partial charge >= 0.3 is 5.97 Å². The molecule has 156 valence electrons. The number of carboxylic acids is 1. The number of aromatic carboxylic acids is 1. The summed E-state index contributed by atoms with van der Waals surface area (Å²) >= 11 is 19.6. The standard InChI is InChI=1S/C22H18Cl3NO3S/c1-11-3-5-13(6-4-11)18(12(2)23)21(27)26-17-10-30-20(19(17)22(28)29)14-7-8-15(24)16(25)9-14/h3-10,12,18H,1-2H3,(H,26,27)(H,28,29). The summed E-state index contributed by atoms with van der Waals surface area (Å²) in [6.07, 6.45) is 0. The smallest absolute Gasteiger partial charge is 0.339 e. The molecule has 0 aliphatic rings. The predicted molar refractivity (Wildman–Crippen MR) is 125 cm³/mol.